The Labute approximate surface area is 295 Å². The minimum absolute atomic E-state index is 0.838. The molecule has 0 amide bonds. The maximum absolute atomic E-state index is 4.08. The molecule has 0 aliphatic rings. The summed E-state index contributed by atoms with van der Waals surface area (Å²) in [4.78, 5) is 27.9. The van der Waals surface area contributed by atoms with Crippen LogP contribution in [0.1, 0.15) is 74.7 Å². The van der Waals surface area contributed by atoms with Crippen molar-refractivity contribution in [2.45, 2.75) is 89.5 Å². The van der Waals surface area contributed by atoms with E-state index < -0.39 is 0 Å². The third-order valence-electron chi connectivity index (χ3n) is 6.76. The molecule has 0 spiro atoms. The molecular formula is C42H55N7. The van der Waals surface area contributed by atoms with Gasteiger partial charge in [0.15, 0.2) is 0 Å². The molecule has 49 heavy (non-hydrogen) atoms. The molecule has 0 aliphatic carbocycles. The highest BCUT2D eigenvalue weighted by Gasteiger charge is 1.88. The van der Waals surface area contributed by atoms with Crippen molar-refractivity contribution in [3.05, 3.63) is 172 Å². The van der Waals surface area contributed by atoms with Crippen LogP contribution < -0.4 is 0 Å². The van der Waals surface area contributed by atoms with Gasteiger partial charge in [0, 0.05) is 47.6 Å². The Hall–Kier alpha value is -5.17. The highest BCUT2D eigenvalue weighted by molar-refractivity contribution is 5.22. The van der Waals surface area contributed by atoms with Gasteiger partial charge in [0.2, 0.25) is 0 Å². The van der Waals surface area contributed by atoms with E-state index >= 15 is 0 Å². The Bertz CT molecular complexity index is 1560. The first kappa shape index (κ1) is 41.9. The fourth-order valence-electron chi connectivity index (χ4n) is 3.72. The van der Waals surface area contributed by atoms with Crippen LogP contribution >= 0.6 is 0 Å². The average Bonchev–Trinajstić information content (AvgIpc) is 3.06. The van der Waals surface area contributed by atoms with Crippen LogP contribution in [0.3, 0.4) is 0 Å². The molecule has 7 nitrogen and oxygen atoms in total. The summed E-state index contributed by atoms with van der Waals surface area (Å²) in [6, 6.07) is 24.9. The zero-order valence-corrected chi connectivity index (χ0v) is 31.7. The monoisotopic (exact) mass is 657 g/mol. The Morgan fingerprint density at radius 1 is 0.469 bits per heavy atom. The smallest absolute Gasteiger partial charge is 0.125 e. The largest absolute Gasteiger partial charge is 0.261 e. The van der Waals surface area contributed by atoms with E-state index in [1.54, 1.807) is 18.7 Å². The first-order chi connectivity index (χ1) is 23.3. The lowest BCUT2D eigenvalue weighted by atomic mass is 10.1. The summed E-state index contributed by atoms with van der Waals surface area (Å²) in [5.41, 5.74) is 12.0. The summed E-state index contributed by atoms with van der Waals surface area (Å²) in [5.74, 6) is 1.68. The molecule has 7 heteroatoms. The molecule has 258 valence electrons. The Kier molecular flexibility index (Phi) is 20.5. The Balaban J connectivity index is 0.000000294. The van der Waals surface area contributed by atoms with Crippen LogP contribution in [-0.4, -0.2) is 34.9 Å². The van der Waals surface area contributed by atoms with Crippen LogP contribution in [0.25, 0.3) is 0 Å². The van der Waals surface area contributed by atoms with E-state index in [9.17, 15) is 0 Å². The second-order valence-electron chi connectivity index (χ2n) is 11.8. The zero-order valence-electron chi connectivity index (χ0n) is 31.7. The molecule has 2 aromatic carbocycles. The van der Waals surface area contributed by atoms with E-state index in [0.717, 1.165) is 46.4 Å². The van der Waals surface area contributed by atoms with Gasteiger partial charge in [0.25, 0.3) is 0 Å². The van der Waals surface area contributed by atoms with Crippen molar-refractivity contribution in [2.75, 3.05) is 0 Å². The van der Waals surface area contributed by atoms with Gasteiger partial charge in [-0.2, -0.15) is 0 Å². The van der Waals surface area contributed by atoms with Gasteiger partial charge in [0.1, 0.15) is 18.0 Å². The molecule has 6 aromatic rings. The molecule has 0 bridgehead atoms. The highest BCUT2D eigenvalue weighted by Crippen LogP contribution is 2.03. The normalized spacial score (nSPS) is 9.31. The van der Waals surface area contributed by atoms with Crippen LogP contribution in [-0.2, 0) is 6.42 Å². The maximum atomic E-state index is 4.08. The summed E-state index contributed by atoms with van der Waals surface area (Å²) in [6.07, 6.45) is 9.90. The molecule has 0 saturated carbocycles. The number of hydrogen-bond acceptors (Lipinski definition) is 7. The van der Waals surface area contributed by atoms with Gasteiger partial charge in [-0.15, -0.1) is 0 Å². The van der Waals surface area contributed by atoms with E-state index in [0.29, 0.717) is 0 Å². The van der Waals surface area contributed by atoms with E-state index in [1.165, 1.54) is 27.8 Å². The summed E-state index contributed by atoms with van der Waals surface area (Å²) >= 11 is 0. The lowest BCUT2D eigenvalue weighted by Crippen LogP contribution is -1.86. The molecule has 4 aromatic heterocycles. The molecule has 0 fully saturated rings. The standard InChI is InChI=1S/C9H12.C8H10.C7H9N.3C6H8N2/c1-3-9-6-4-5-8(2)7-9;1-7-3-5-8(2)6-4-7;1-6-3-4-7(2)8-5-6;1-5-3-7-4-8-6(5)2;2*1-5-3-4-7-6(2)8-5/h4-7H,3H2,1-2H3;3-6H,1-2H3;3-5H,1-2H3;3*3-4H,1-2H3. The number of aryl methyl sites for hydroxylation is 12. The van der Waals surface area contributed by atoms with E-state index in [-0.39, 0.29) is 0 Å². The third kappa shape index (κ3) is 21.4. The minimum Gasteiger partial charge on any atom is -0.261 e. The van der Waals surface area contributed by atoms with Crippen LogP contribution in [0.4, 0.5) is 0 Å². The van der Waals surface area contributed by atoms with Gasteiger partial charge in [-0.25, -0.2) is 29.9 Å². The van der Waals surface area contributed by atoms with Crippen molar-refractivity contribution in [1.82, 2.24) is 34.9 Å². The lowest BCUT2D eigenvalue weighted by molar-refractivity contribution is 1.01. The van der Waals surface area contributed by atoms with E-state index in [4.69, 9.17) is 0 Å². The van der Waals surface area contributed by atoms with Gasteiger partial charge in [-0.3, -0.25) is 4.98 Å². The molecule has 4 heterocycles. The van der Waals surface area contributed by atoms with Gasteiger partial charge in [-0.1, -0.05) is 78.2 Å². The Morgan fingerprint density at radius 2 is 1.00 bits per heavy atom. The van der Waals surface area contributed by atoms with E-state index in [2.05, 4.69) is 117 Å². The van der Waals surface area contributed by atoms with Crippen LogP contribution in [0.15, 0.2) is 104 Å². The van der Waals surface area contributed by atoms with Gasteiger partial charge in [0.05, 0.1) is 0 Å². The predicted molar refractivity (Wildman–Crippen MR) is 205 cm³/mol. The molecule has 0 saturated heterocycles. The summed E-state index contributed by atoms with van der Waals surface area (Å²) in [7, 11) is 0. The average molecular weight is 658 g/mol. The lowest BCUT2D eigenvalue weighted by Gasteiger charge is -1.95. The van der Waals surface area contributed by atoms with Crippen molar-refractivity contribution >= 4 is 0 Å². The summed E-state index contributed by atoms with van der Waals surface area (Å²) in [6.45, 7) is 24.1. The van der Waals surface area contributed by atoms with Gasteiger partial charge in [-0.05, 0) is 117 Å². The molecule has 0 radical (unpaired) electrons. The number of rotatable bonds is 1. The van der Waals surface area contributed by atoms with Gasteiger partial charge < -0.3 is 0 Å². The molecule has 0 unspecified atom stereocenters. The van der Waals surface area contributed by atoms with Crippen LogP contribution in [0.2, 0.25) is 0 Å². The zero-order chi connectivity index (χ0) is 36.6. The maximum Gasteiger partial charge on any atom is 0.125 e. The molecule has 6 rings (SSSR count). The summed E-state index contributed by atoms with van der Waals surface area (Å²) < 4.78 is 0. The molecule has 0 atom stereocenters. The predicted octanol–water partition coefficient (Wildman–Crippen LogP) is 9.84. The van der Waals surface area contributed by atoms with Crippen molar-refractivity contribution < 1.29 is 0 Å². The SMILES string of the molecule is CCc1cccc(C)c1.Cc1ccc(C)cc1.Cc1ccc(C)nc1.Cc1ccnc(C)n1.Cc1ccnc(C)n1.Cc1cncnc1C. The van der Waals surface area contributed by atoms with Crippen molar-refractivity contribution in [1.29, 1.82) is 0 Å². The molecular weight excluding hydrogens is 603 g/mol. The number of hydrogen-bond donors (Lipinski definition) is 0. The first-order valence-electron chi connectivity index (χ1n) is 16.5. The second-order valence-corrected chi connectivity index (χ2v) is 11.8. The number of benzene rings is 2. The van der Waals surface area contributed by atoms with Crippen molar-refractivity contribution in [3.63, 3.8) is 0 Å². The fraction of sp³-hybridized carbons (Fsp3) is 0.310. The van der Waals surface area contributed by atoms with Gasteiger partial charge >= 0.3 is 0 Å². The highest BCUT2D eigenvalue weighted by atomic mass is 14.9. The fourth-order valence-corrected chi connectivity index (χ4v) is 3.72. The second kappa shape index (κ2) is 24.0. The van der Waals surface area contributed by atoms with Crippen molar-refractivity contribution in [3.8, 4) is 0 Å². The number of nitrogens with zero attached hydrogens (tertiary/aromatic N) is 7. The third-order valence-corrected chi connectivity index (χ3v) is 6.76. The van der Waals surface area contributed by atoms with E-state index in [1.807, 2.05) is 86.0 Å². The van der Waals surface area contributed by atoms with Crippen LogP contribution in [0, 0.1) is 76.2 Å². The number of aromatic nitrogens is 7. The topological polar surface area (TPSA) is 90.2 Å². The summed E-state index contributed by atoms with van der Waals surface area (Å²) in [5, 5.41) is 0. The first-order valence-corrected chi connectivity index (χ1v) is 16.5. The Morgan fingerprint density at radius 3 is 1.31 bits per heavy atom. The molecule has 0 N–H and O–H groups in total. The van der Waals surface area contributed by atoms with Crippen molar-refractivity contribution in [2.24, 2.45) is 0 Å². The minimum atomic E-state index is 0.838. The quantitative estimate of drug-likeness (QED) is 0.174. The molecule has 0 aliphatic heterocycles. The number of pyridine rings is 1. The van der Waals surface area contributed by atoms with Crippen LogP contribution in [0.5, 0.6) is 0 Å².